The number of aromatic nitrogens is 5. The Morgan fingerprint density at radius 3 is 2.33 bits per heavy atom. The monoisotopic (exact) mass is 496 g/mol. The van der Waals surface area contributed by atoms with Crippen molar-refractivity contribution in [2.24, 2.45) is 0 Å². The van der Waals surface area contributed by atoms with Gasteiger partial charge in [-0.25, -0.2) is 19.6 Å². The third-order valence-electron chi connectivity index (χ3n) is 6.21. The molecule has 182 valence electrons. The zero-order valence-corrected chi connectivity index (χ0v) is 21.7. The van der Waals surface area contributed by atoms with E-state index in [-0.39, 0.29) is 12.3 Å². The number of amides is 1. The maximum Gasteiger partial charge on any atom is 0.251 e. The van der Waals surface area contributed by atoms with E-state index < -0.39 is 0 Å². The van der Waals surface area contributed by atoms with Gasteiger partial charge in [-0.2, -0.15) is 5.10 Å². The molecule has 0 atom stereocenters. The lowest BCUT2D eigenvalue weighted by Gasteiger charge is -2.20. The Labute approximate surface area is 214 Å². The number of fused-ring (bicyclic) bond motifs is 1. The molecule has 0 N–H and O–H groups in total. The SMILES string of the molecule is Cc1cc(C)nc(-n2nc(C)c(CC(=O)N(CCc3ccccc3)c3nc4ccccc4s3)c2C)n1. The second-order valence-corrected chi connectivity index (χ2v) is 9.94. The Bertz CT molecular complexity index is 1490. The molecular formula is C28H28N6OS. The Morgan fingerprint density at radius 2 is 1.61 bits per heavy atom. The van der Waals surface area contributed by atoms with Crippen LogP contribution in [0, 0.1) is 27.7 Å². The van der Waals surface area contributed by atoms with E-state index in [1.54, 1.807) is 16.0 Å². The summed E-state index contributed by atoms with van der Waals surface area (Å²) in [5.41, 5.74) is 6.42. The van der Waals surface area contributed by atoms with Gasteiger partial charge in [-0.05, 0) is 57.9 Å². The van der Waals surface area contributed by atoms with Crippen molar-refractivity contribution in [1.29, 1.82) is 0 Å². The lowest BCUT2D eigenvalue weighted by Crippen LogP contribution is -2.34. The number of carbonyl (C=O) groups excluding carboxylic acids is 1. The van der Waals surface area contributed by atoms with Gasteiger partial charge in [-0.3, -0.25) is 9.69 Å². The van der Waals surface area contributed by atoms with Crippen LogP contribution in [0.4, 0.5) is 5.13 Å². The topological polar surface area (TPSA) is 76.8 Å². The third kappa shape index (κ3) is 4.90. The van der Waals surface area contributed by atoms with E-state index in [1.807, 2.05) is 81.1 Å². The van der Waals surface area contributed by atoms with Gasteiger partial charge in [0.05, 0.1) is 22.3 Å². The zero-order valence-electron chi connectivity index (χ0n) is 20.9. The Morgan fingerprint density at radius 1 is 0.917 bits per heavy atom. The van der Waals surface area contributed by atoms with Crippen LogP contribution < -0.4 is 4.90 Å². The van der Waals surface area contributed by atoms with Crippen molar-refractivity contribution in [1.82, 2.24) is 24.7 Å². The van der Waals surface area contributed by atoms with Gasteiger partial charge in [0.2, 0.25) is 5.91 Å². The Kier molecular flexibility index (Phi) is 6.61. The maximum atomic E-state index is 13.8. The number of nitrogens with zero attached hydrogens (tertiary/aromatic N) is 6. The fraction of sp³-hybridized carbons (Fsp3) is 0.250. The minimum Gasteiger partial charge on any atom is -0.287 e. The summed E-state index contributed by atoms with van der Waals surface area (Å²) in [6.45, 7) is 8.33. The molecule has 36 heavy (non-hydrogen) atoms. The molecule has 2 aromatic carbocycles. The van der Waals surface area contributed by atoms with Gasteiger partial charge >= 0.3 is 0 Å². The quantitative estimate of drug-likeness (QED) is 0.305. The Balaban J connectivity index is 1.46. The number of benzene rings is 2. The van der Waals surface area contributed by atoms with E-state index >= 15 is 0 Å². The molecule has 0 aliphatic rings. The summed E-state index contributed by atoms with van der Waals surface area (Å²) in [7, 11) is 0. The van der Waals surface area contributed by atoms with Crippen LogP contribution in [-0.4, -0.2) is 37.2 Å². The molecule has 0 aliphatic carbocycles. The van der Waals surface area contributed by atoms with E-state index in [9.17, 15) is 4.79 Å². The highest BCUT2D eigenvalue weighted by molar-refractivity contribution is 7.22. The second kappa shape index (κ2) is 9.99. The van der Waals surface area contributed by atoms with Crippen molar-refractivity contribution in [3.8, 4) is 5.95 Å². The molecule has 0 saturated heterocycles. The fourth-order valence-electron chi connectivity index (χ4n) is 4.36. The summed E-state index contributed by atoms with van der Waals surface area (Å²) in [4.78, 5) is 29.5. The van der Waals surface area contributed by atoms with Crippen molar-refractivity contribution in [3.63, 3.8) is 0 Å². The number of hydrogen-bond donors (Lipinski definition) is 0. The van der Waals surface area contributed by atoms with Crippen molar-refractivity contribution >= 4 is 32.6 Å². The van der Waals surface area contributed by atoms with Gasteiger partial charge in [-0.1, -0.05) is 53.8 Å². The number of aryl methyl sites for hydroxylation is 3. The molecule has 0 aliphatic heterocycles. The number of hydrogen-bond acceptors (Lipinski definition) is 6. The second-order valence-electron chi connectivity index (χ2n) is 8.93. The van der Waals surface area contributed by atoms with Crippen LogP contribution in [0.1, 0.15) is 33.9 Å². The van der Waals surface area contributed by atoms with Crippen LogP contribution in [0.25, 0.3) is 16.2 Å². The normalized spacial score (nSPS) is 11.2. The molecule has 0 fully saturated rings. The average Bonchev–Trinajstić information content (AvgIpc) is 3.40. The van der Waals surface area contributed by atoms with Crippen LogP contribution in [0.2, 0.25) is 0 Å². The van der Waals surface area contributed by atoms with Gasteiger partial charge in [0.25, 0.3) is 5.95 Å². The summed E-state index contributed by atoms with van der Waals surface area (Å²) >= 11 is 1.55. The maximum absolute atomic E-state index is 13.8. The van der Waals surface area contributed by atoms with Crippen molar-refractivity contribution in [3.05, 3.63) is 94.6 Å². The highest BCUT2D eigenvalue weighted by Gasteiger charge is 2.24. The van der Waals surface area contributed by atoms with Crippen LogP contribution in [0.3, 0.4) is 0 Å². The first-order chi connectivity index (χ1) is 17.4. The smallest absolute Gasteiger partial charge is 0.251 e. The van der Waals surface area contributed by atoms with Gasteiger partial charge in [0.15, 0.2) is 5.13 Å². The zero-order chi connectivity index (χ0) is 25.2. The predicted octanol–water partition coefficient (Wildman–Crippen LogP) is 5.32. The van der Waals surface area contributed by atoms with Crippen molar-refractivity contribution < 1.29 is 4.79 Å². The van der Waals surface area contributed by atoms with Crippen LogP contribution >= 0.6 is 11.3 Å². The molecule has 5 rings (SSSR count). The van der Waals surface area contributed by atoms with E-state index in [2.05, 4.69) is 27.2 Å². The summed E-state index contributed by atoms with van der Waals surface area (Å²) < 4.78 is 2.81. The van der Waals surface area contributed by atoms with Gasteiger partial charge in [-0.15, -0.1) is 0 Å². The molecule has 0 saturated carbocycles. The molecule has 7 nitrogen and oxygen atoms in total. The number of anilines is 1. The summed E-state index contributed by atoms with van der Waals surface area (Å²) in [5.74, 6) is 0.524. The highest BCUT2D eigenvalue weighted by atomic mass is 32.1. The van der Waals surface area contributed by atoms with E-state index in [0.29, 0.717) is 12.5 Å². The molecule has 3 heterocycles. The number of thiazole rings is 1. The lowest BCUT2D eigenvalue weighted by atomic mass is 10.1. The number of para-hydroxylation sites is 1. The molecular weight excluding hydrogens is 468 g/mol. The standard InChI is InChI=1S/C28H28N6OS/c1-18-16-19(2)30-27(29-18)34-21(4)23(20(3)32-34)17-26(35)33(15-14-22-10-6-5-7-11-22)28-31-24-12-8-9-13-25(24)36-28/h5-13,16H,14-15,17H2,1-4H3. The molecule has 3 aromatic heterocycles. The van der Waals surface area contributed by atoms with Crippen molar-refractivity contribution in [2.75, 3.05) is 11.4 Å². The summed E-state index contributed by atoms with van der Waals surface area (Å²) in [6.07, 6.45) is 0.976. The first kappa shape index (κ1) is 23.8. The Hall–Kier alpha value is -3.91. The van der Waals surface area contributed by atoms with Gasteiger partial charge < -0.3 is 0 Å². The minimum atomic E-state index is -0.00271. The predicted molar refractivity (Wildman–Crippen MR) is 144 cm³/mol. The first-order valence-corrected chi connectivity index (χ1v) is 12.8. The van der Waals surface area contributed by atoms with Crippen molar-refractivity contribution in [2.45, 2.75) is 40.5 Å². The number of rotatable bonds is 7. The molecule has 0 unspecified atom stereocenters. The lowest BCUT2D eigenvalue weighted by molar-refractivity contribution is -0.118. The largest absolute Gasteiger partial charge is 0.287 e. The summed E-state index contributed by atoms with van der Waals surface area (Å²) in [5, 5.41) is 5.40. The average molecular weight is 497 g/mol. The number of carbonyl (C=O) groups is 1. The van der Waals surface area contributed by atoms with Crippen LogP contribution in [0.5, 0.6) is 0 Å². The van der Waals surface area contributed by atoms with E-state index in [0.717, 1.165) is 50.1 Å². The molecule has 0 radical (unpaired) electrons. The summed E-state index contributed by atoms with van der Waals surface area (Å²) in [6, 6.07) is 20.1. The highest BCUT2D eigenvalue weighted by Crippen LogP contribution is 2.30. The van der Waals surface area contributed by atoms with E-state index in [1.165, 1.54) is 5.56 Å². The molecule has 0 spiro atoms. The van der Waals surface area contributed by atoms with Gasteiger partial charge in [0.1, 0.15) is 0 Å². The van der Waals surface area contributed by atoms with Crippen LogP contribution in [0.15, 0.2) is 60.7 Å². The fourth-order valence-corrected chi connectivity index (χ4v) is 5.37. The van der Waals surface area contributed by atoms with E-state index in [4.69, 9.17) is 4.98 Å². The molecule has 1 amide bonds. The molecule has 8 heteroatoms. The molecule has 0 bridgehead atoms. The molecule has 5 aromatic rings. The van der Waals surface area contributed by atoms with Gasteiger partial charge in [0, 0.05) is 29.2 Å². The first-order valence-electron chi connectivity index (χ1n) is 12.0. The third-order valence-corrected chi connectivity index (χ3v) is 7.27. The minimum absolute atomic E-state index is 0.00271. The van der Waals surface area contributed by atoms with Crippen LogP contribution in [-0.2, 0) is 17.6 Å².